The maximum absolute atomic E-state index is 13.6. The summed E-state index contributed by atoms with van der Waals surface area (Å²) in [5.41, 5.74) is 8.70. The lowest BCUT2D eigenvalue weighted by molar-refractivity contribution is -0.125. The van der Waals surface area contributed by atoms with E-state index in [4.69, 9.17) is 28.9 Å². The van der Waals surface area contributed by atoms with E-state index in [1.54, 1.807) is 29.1 Å². The Morgan fingerprint density at radius 3 is 2.71 bits per heavy atom. The van der Waals surface area contributed by atoms with Crippen molar-refractivity contribution in [2.75, 3.05) is 29.9 Å². The fourth-order valence-electron chi connectivity index (χ4n) is 5.29. The SMILES string of the molecule is N/C(Cl)=C\Nc1ccc(Cl)cc1-c1cc(=O)n(C2CCCCCNC(=O)C3CNC(=O)CN3c3cccc2c3)cn1. The van der Waals surface area contributed by atoms with Crippen LogP contribution in [-0.2, 0) is 9.59 Å². The molecular weight excluding hydrogens is 565 g/mol. The minimum absolute atomic E-state index is 0.0724. The first-order chi connectivity index (χ1) is 19.8. The van der Waals surface area contributed by atoms with E-state index >= 15 is 0 Å². The van der Waals surface area contributed by atoms with E-state index in [0.29, 0.717) is 34.9 Å². The van der Waals surface area contributed by atoms with Crippen LogP contribution in [0.25, 0.3) is 11.3 Å². The van der Waals surface area contributed by atoms with Gasteiger partial charge in [0.15, 0.2) is 0 Å². The number of aromatic nitrogens is 2. The number of halogens is 2. The molecule has 12 heteroatoms. The summed E-state index contributed by atoms with van der Waals surface area (Å²) in [6.07, 6.45) is 6.25. The van der Waals surface area contributed by atoms with E-state index in [-0.39, 0.29) is 41.7 Å². The molecule has 1 saturated heterocycles. The summed E-state index contributed by atoms with van der Waals surface area (Å²) in [5.74, 6) is -0.253. The molecule has 0 saturated carbocycles. The van der Waals surface area contributed by atoms with Crippen molar-refractivity contribution in [2.24, 2.45) is 5.73 Å². The van der Waals surface area contributed by atoms with E-state index in [2.05, 4.69) is 20.9 Å². The molecular formula is C29H31Cl2N7O3. The van der Waals surface area contributed by atoms with Crippen LogP contribution < -0.4 is 32.1 Å². The van der Waals surface area contributed by atoms with Crippen molar-refractivity contribution in [1.29, 1.82) is 0 Å². The number of rotatable bonds is 4. The summed E-state index contributed by atoms with van der Waals surface area (Å²) in [4.78, 5) is 45.3. The summed E-state index contributed by atoms with van der Waals surface area (Å²) in [7, 11) is 0. The third kappa shape index (κ3) is 6.66. The number of nitrogens with two attached hydrogens (primary N) is 1. The second kappa shape index (κ2) is 12.7. The number of benzene rings is 2. The number of carbonyl (C=O) groups is 2. The lowest BCUT2D eigenvalue weighted by Gasteiger charge is -2.36. The zero-order chi connectivity index (χ0) is 28.9. The van der Waals surface area contributed by atoms with Gasteiger partial charge in [-0.25, -0.2) is 4.98 Å². The second-order valence-corrected chi connectivity index (χ2v) is 11.0. The molecule has 1 aromatic heterocycles. The Labute approximate surface area is 247 Å². The first-order valence-electron chi connectivity index (χ1n) is 13.5. The number of hydrogen-bond acceptors (Lipinski definition) is 7. The zero-order valence-corrected chi connectivity index (χ0v) is 23.8. The fourth-order valence-corrected chi connectivity index (χ4v) is 5.51. The zero-order valence-electron chi connectivity index (χ0n) is 22.3. The summed E-state index contributed by atoms with van der Waals surface area (Å²) >= 11 is 12.0. The third-order valence-corrected chi connectivity index (χ3v) is 7.66. The van der Waals surface area contributed by atoms with Crippen molar-refractivity contribution in [3.8, 4) is 11.3 Å². The summed E-state index contributed by atoms with van der Waals surface area (Å²) in [5, 5.41) is 9.40. The van der Waals surface area contributed by atoms with E-state index in [1.165, 1.54) is 12.3 Å². The number of carbonyl (C=O) groups excluding carboxylic acids is 2. The van der Waals surface area contributed by atoms with Gasteiger partial charge in [-0.05, 0) is 48.7 Å². The largest absolute Gasteiger partial charge is 0.388 e. The van der Waals surface area contributed by atoms with E-state index in [0.717, 1.165) is 30.5 Å². The van der Waals surface area contributed by atoms with Crippen molar-refractivity contribution < 1.29 is 9.59 Å². The van der Waals surface area contributed by atoms with Gasteiger partial charge in [0.25, 0.3) is 5.56 Å². The number of amides is 2. The Kier molecular flexibility index (Phi) is 8.80. The van der Waals surface area contributed by atoms with Crippen LogP contribution in [0.15, 0.2) is 71.0 Å². The normalized spacial score (nSPS) is 20.0. The highest BCUT2D eigenvalue weighted by atomic mass is 35.5. The van der Waals surface area contributed by atoms with Gasteiger partial charge < -0.3 is 26.6 Å². The number of anilines is 2. The lowest BCUT2D eigenvalue weighted by atomic mass is 9.98. The van der Waals surface area contributed by atoms with Crippen molar-refractivity contribution in [3.63, 3.8) is 0 Å². The predicted molar refractivity (Wildman–Crippen MR) is 161 cm³/mol. The average Bonchev–Trinajstić information content (AvgIpc) is 2.96. The fraction of sp³-hybridized carbons (Fsp3) is 0.310. The molecule has 2 bridgehead atoms. The van der Waals surface area contributed by atoms with E-state index in [9.17, 15) is 14.4 Å². The molecule has 3 heterocycles. The molecule has 214 valence electrons. The highest BCUT2D eigenvalue weighted by molar-refractivity contribution is 6.31. The highest BCUT2D eigenvalue weighted by Crippen LogP contribution is 2.31. The highest BCUT2D eigenvalue weighted by Gasteiger charge is 2.32. The molecule has 41 heavy (non-hydrogen) atoms. The Morgan fingerprint density at radius 2 is 1.90 bits per heavy atom. The smallest absolute Gasteiger partial charge is 0.254 e. The topological polar surface area (TPSA) is 134 Å². The maximum Gasteiger partial charge on any atom is 0.254 e. The molecule has 5 rings (SSSR count). The third-order valence-electron chi connectivity index (χ3n) is 7.32. The Balaban J connectivity index is 1.53. The van der Waals surface area contributed by atoms with Gasteiger partial charge in [0.05, 0.1) is 24.6 Å². The number of nitrogens with zero attached hydrogens (tertiary/aromatic N) is 3. The van der Waals surface area contributed by atoms with Crippen LogP contribution in [0.3, 0.4) is 0 Å². The molecule has 0 aliphatic carbocycles. The molecule has 10 nitrogen and oxygen atoms in total. The minimum atomic E-state index is -0.518. The molecule has 2 aromatic carbocycles. The molecule has 0 radical (unpaired) electrons. The van der Waals surface area contributed by atoms with Gasteiger partial charge in [0.2, 0.25) is 11.8 Å². The number of nitrogens with one attached hydrogen (secondary N) is 3. The van der Waals surface area contributed by atoms with Crippen molar-refractivity contribution in [1.82, 2.24) is 20.2 Å². The monoisotopic (exact) mass is 595 g/mol. The summed E-state index contributed by atoms with van der Waals surface area (Å²) in [6.45, 7) is 0.857. The molecule has 2 aliphatic heterocycles. The average molecular weight is 597 g/mol. The molecule has 5 N–H and O–H groups in total. The standard InChI is InChI=1S/C29H31Cl2N7O3/c30-19-8-9-22(34-15-26(31)32)21(12-19)23-13-28(40)38(17-36-23)24-7-2-1-3-10-33-29(41)25-14-35-27(39)16-37(25)20-6-4-5-18(24)11-20/h4-6,8-9,11-13,15,17,24-25,34H,1-3,7,10,14,16,32H2,(H,33,41)(H,35,39)/b26-15-. The van der Waals surface area contributed by atoms with Crippen LogP contribution >= 0.6 is 23.2 Å². The van der Waals surface area contributed by atoms with Crippen LogP contribution in [0, 0.1) is 0 Å². The Morgan fingerprint density at radius 1 is 1.05 bits per heavy atom. The molecule has 0 spiro atoms. The van der Waals surface area contributed by atoms with Gasteiger partial charge in [0.1, 0.15) is 11.2 Å². The van der Waals surface area contributed by atoms with Crippen LogP contribution in [0.5, 0.6) is 0 Å². The second-order valence-electron chi connectivity index (χ2n) is 10.1. The molecule has 1 fully saturated rings. The van der Waals surface area contributed by atoms with Gasteiger partial charge in [-0.15, -0.1) is 0 Å². The van der Waals surface area contributed by atoms with Gasteiger partial charge in [-0.3, -0.25) is 19.0 Å². The van der Waals surface area contributed by atoms with Gasteiger partial charge in [-0.2, -0.15) is 0 Å². The van der Waals surface area contributed by atoms with Gasteiger partial charge in [-0.1, -0.05) is 48.2 Å². The minimum Gasteiger partial charge on any atom is -0.388 e. The first-order valence-corrected chi connectivity index (χ1v) is 14.2. The molecule has 2 aliphatic rings. The van der Waals surface area contributed by atoms with E-state index < -0.39 is 6.04 Å². The van der Waals surface area contributed by atoms with E-state index in [1.807, 2.05) is 29.2 Å². The molecule has 2 atom stereocenters. The van der Waals surface area contributed by atoms with Crippen LogP contribution in [0.4, 0.5) is 11.4 Å². The number of hydrogen-bond donors (Lipinski definition) is 4. The molecule has 2 amide bonds. The van der Waals surface area contributed by atoms with Crippen molar-refractivity contribution in [3.05, 3.63) is 87.2 Å². The quantitative estimate of drug-likeness (QED) is 0.339. The summed E-state index contributed by atoms with van der Waals surface area (Å²) in [6, 6.07) is 13.6. The Bertz CT molecular complexity index is 1540. The molecule has 3 aromatic rings. The van der Waals surface area contributed by atoms with Crippen molar-refractivity contribution >= 4 is 46.4 Å². The van der Waals surface area contributed by atoms with Crippen LogP contribution in [0.2, 0.25) is 5.02 Å². The Hall–Kier alpha value is -4.02. The van der Waals surface area contributed by atoms with Gasteiger partial charge >= 0.3 is 0 Å². The number of piperazine rings is 1. The van der Waals surface area contributed by atoms with Crippen LogP contribution in [0.1, 0.15) is 37.3 Å². The first kappa shape index (κ1) is 28.5. The summed E-state index contributed by atoms with van der Waals surface area (Å²) < 4.78 is 1.64. The van der Waals surface area contributed by atoms with Crippen LogP contribution in [-0.4, -0.2) is 47.0 Å². The predicted octanol–water partition coefficient (Wildman–Crippen LogP) is 3.56. The van der Waals surface area contributed by atoms with Crippen molar-refractivity contribution in [2.45, 2.75) is 37.8 Å². The van der Waals surface area contributed by atoms with Gasteiger partial charge in [0, 0.05) is 47.3 Å². The maximum atomic E-state index is 13.6. The lowest BCUT2D eigenvalue weighted by Crippen LogP contribution is -2.60. The number of fused-ring (bicyclic) bond motifs is 4. The molecule has 2 unspecified atom stereocenters.